The van der Waals surface area contributed by atoms with Crippen molar-refractivity contribution in [3.05, 3.63) is 0 Å². The first kappa shape index (κ1) is 12.0. The van der Waals surface area contributed by atoms with Crippen LogP contribution >= 0.6 is 0 Å². The van der Waals surface area contributed by atoms with E-state index in [1.54, 1.807) is 0 Å². The lowest BCUT2D eigenvalue weighted by Gasteiger charge is -2.29. The lowest BCUT2D eigenvalue weighted by Crippen LogP contribution is -2.25. The third-order valence-electron chi connectivity index (χ3n) is 3.51. The van der Waals surface area contributed by atoms with Crippen molar-refractivity contribution in [2.45, 2.75) is 38.2 Å². The van der Waals surface area contributed by atoms with Gasteiger partial charge in [0.1, 0.15) is 0 Å². The molecule has 1 saturated carbocycles. The fourth-order valence-corrected chi connectivity index (χ4v) is 2.65. The Labute approximate surface area is 86.5 Å². The summed E-state index contributed by atoms with van der Waals surface area (Å²) in [5.74, 6) is 1.82. The van der Waals surface area contributed by atoms with Gasteiger partial charge in [-0.25, -0.2) is 0 Å². The highest BCUT2D eigenvalue weighted by atomic mass is 16.3. The zero-order valence-corrected chi connectivity index (χ0v) is 9.08. The van der Waals surface area contributed by atoms with Gasteiger partial charge in [0.25, 0.3) is 0 Å². The molecule has 0 amide bonds. The van der Waals surface area contributed by atoms with E-state index in [1.165, 1.54) is 32.4 Å². The van der Waals surface area contributed by atoms with E-state index in [9.17, 15) is 5.11 Å². The molecule has 0 aromatic carbocycles. The van der Waals surface area contributed by atoms with E-state index in [-0.39, 0.29) is 6.10 Å². The summed E-state index contributed by atoms with van der Waals surface area (Å²) in [4.78, 5) is 0. The molecule has 14 heavy (non-hydrogen) atoms. The maximum Gasteiger partial charge on any atom is 0.0540 e. The van der Waals surface area contributed by atoms with Crippen molar-refractivity contribution in [2.24, 2.45) is 11.8 Å². The van der Waals surface area contributed by atoms with Crippen LogP contribution in [0.1, 0.15) is 32.1 Å². The summed E-state index contributed by atoms with van der Waals surface area (Å²) >= 11 is 0. The van der Waals surface area contributed by atoms with Crippen LogP contribution in [0, 0.1) is 11.8 Å². The normalized spacial score (nSPS) is 37.5. The number of hydrogen-bond donors (Lipinski definition) is 3. The molecule has 3 nitrogen and oxygen atoms in total. The van der Waals surface area contributed by atoms with E-state index in [4.69, 9.17) is 5.11 Å². The van der Waals surface area contributed by atoms with E-state index in [1.807, 2.05) is 0 Å². The summed E-state index contributed by atoms with van der Waals surface area (Å²) in [6.45, 7) is 2.44. The van der Waals surface area contributed by atoms with Crippen LogP contribution < -0.4 is 5.32 Å². The van der Waals surface area contributed by atoms with Crippen molar-refractivity contribution in [1.82, 2.24) is 5.32 Å². The van der Waals surface area contributed by atoms with Crippen LogP contribution in [0.4, 0.5) is 0 Å². The van der Waals surface area contributed by atoms with Crippen molar-refractivity contribution in [3.8, 4) is 0 Å². The van der Waals surface area contributed by atoms with Gasteiger partial charge in [0, 0.05) is 7.11 Å². The van der Waals surface area contributed by atoms with Crippen molar-refractivity contribution < 1.29 is 10.2 Å². The van der Waals surface area contributed by atoms with Crippen LogP contribution in [-0.4, -0.2) is 36.5 Å². The molecule has 0 spiro atoms. The second kappa shape index (κ2) is 6.38. The Morgan fingerprint density at radius 3 is 2.07 bits per heavy atom. The molecule has 0 radical (unpaired) electrons. The van der Waals surface area contributed by atoms with E-state index >= 15 is 0 Å². The molecule has 0 aromatic rings. The quantitative estimate of drug-likeness (QED) is 0.587. The maximum atomic E-state index is 9.35. The van der Waals surface area contributed by atoms with Crippen LogP contribution in [0.3, 0.4) is 0 Å². The van der Waals surface area contributed by atoms with Crippen molar-refractivity contribution >= 4 is 0 Å². The third-order valence-corrected chi connectivity index (χ3v) is 3.51. The zero-order chi connectivity index (χ0) is 10.4. The smallest absolute Gasteiger partial charge is 0.0540 e. The van der Waals surface area contributed by atoms with Crippen molar-refractivity contribution in [1.29, 1.82) is 0 Å². The predicted molar refractivity (Wildman–Crippen MR) is 57.1 cm³/mol. The van der Waals surface area contributed by atoms with E-state index < -0.39 is 0 Å². The Hall–Kier alpha value is -0.120. The van der Waals surface area contributed by atoms with Gasteiger partial charge in [0.2, 0.25) is 0 Å². The molecule has 0 bridgehead atoms. The third kappa shape index (κ3) is 3.23. The molecule has 3 N–H and O–H groups in total. The minimum Gasteiger partial charge on any atom is -0.400 e. The van der Waals surface area contributed by atoms with E-state index in [0.29, 0.717) is 0 Å². The topological polar surface area (TPSA) is 52.5 Å². The highest BCUT2D eigenvalue weighted by Crippen LogP contribution is 2.32. The molecule has 84 valence electrons. The predicted octanol–water partition coefficient (Wildman–Crippen LogP) is 0.755. The van der Waals surface area contributed by atoms with E-state index in [0.717, 1.165) is 31.8 Å². The highest BCUT2D eigenvalue weighted by molar-refractivity contribution is 4.82. The molecule has 3 heteroatoms. The largest absolute Gasteiger partial charge is 0.400 e. The number of aliphatic hydroxyl groups is 2. The summed E-state index contributed by atoms with van der Waals surface area (Å²) in [6, 6.07) is 0. The molecule has 0 aromatic heterocycles. The molecule has 1 atom stereocenters. The summed E-state index contributed by atoms with van der Waals surface area (Å²) < 4.78 is 0. The first-order valence-electron chi connectivity index (χ1n) is 5.70. The first-order valence-corrected chi connectivity index (χ1v) is 5.70. The average Bonchev–Trinajstić information content (AvgIpc) is 2.75. The standard InChI is InChI=1S/C10H19NO.CH4O/c12-10-3-1-8(2-4-10)9-5-6-11-7-9;1-2/h8-12H,1-7H2;2H,1H3/t8?,9-,10?;/m0./s1. The van der Waals surface area contributed by atoms with Crippen molar-refractivity contribution in [2.75, 3.05) is 20.2 Å². The highest BCUT2D eigenvalue weighted by Gasteiger charge is 2.28. The molecule has 2 aliphatic rings. The van der Waals surface area contributed by atoms with Gasteiger partial charge >= 0.3 is 0 Å². The number of nitrogens with one attached hydrogen (secondary N) is 1. The van der Waals surface area contributed by atoms with Crippen LogP contribution in [0.5, 0.6) is 0 Å². The summed E-state index contributed by atoms with van der Waals surface area (Å²) in [5.41, 5.74) is 0. The van der Waals surface area contributed by atoms with Gasteiger partial charge in [-0.2, -0.15) is 0 Å². The maximum absolute atomic E-state index is 9.35. The van der Waals surface area contributed by atoms with Gasteiger partial charge in [-0.3, -0.25) is 0 Å². The number of rotatable bonds is 1. The van der Waals surface area contributed by atoms with Gasteiger partial charge in [0.15, 0.2) is 0 Å². The Kier molecular flexibility index (Phi) is 5.45. The lowest BCUT2D eigenvalue weighted by atomic mass is 9.79. The number of aliphatic hydroxyl groups excluding tert-OH is 2. The first-order chi connectivity index (χ1) is 6.86. The monoisotopic (exact) mass is 201 g/mol. The van der Waals surface area contributed by atoms with Crippen LogP contribution in [0.15, 0.2) is 0 Å². The Bertz CT molecular complexity index is 138. The van der Waals surface area contributed by atoms with Crippen LogP contribution in [0.2, 0.25) is 0 Å². The molecular formula is C11H23NO2. The Balaban J connectivity index is 0.000000461. The molecule has 1 saturated heterocycles. The molecule has 1 aliphatic heterocycles. The summed E-state index contributed by atoms with van der Waals surface area (Å²) in [5, 5.41) is 19.8. The molecule has 1 heterocycles. The Morgan fingerprint density at radius 1 is 0.929 bits per heavy atom. The van der Waals surface area contributed by atoms with Crippen LogP contribution in [-0.2, 0) is 0 Å². The van der Waals surface area contributed by atoms with Gasteiger partial charge in [-0.05, 0) is 57.0 Å². The summed E-state index contributed by atoms with van der Waals surface area (Å²) in [6.07, 6.45) is 5.97. The van der Waals surface area contributed by atoms with Crippen molar-refractivity contribution in [3.63, 3.8) is 0 Å². The minimum atomic E-state index is 0.00983. The summed E-state index contributed by atoms with van der Waals surface area (Å²) in [7, 11) is 1.00. The van der Waals surface area contributed by atoms with Gasteiger partial charge in [-0.1, -0.05) is 0 Å². The zero-order valence-electron chi connectivity index (χ0n) is 9.08. The fourth-order valence-electron chi connectivity index (χ4n) is 2.65. The lowest BCUT2D eigenvalue weighted by molar-refractivity contribution is 0.0938. The fraction of sp³-hybridized carbons (Fsp3) is 1.00. The SMILES string of the molecule is CO.OC1CCC([C@H]2CCNC2)CC1. The van der Waals surface area contributed by atoms with Crippen LogP contribution in [0.25, 0.3) is 0 Å². The number of hydrogen-bond acceptors (Lipinski definition) is 3. The van der Waals surface area contributed by atoms with E-state index in [2.05, 4.69) is 5.32 Å². The average molecular weight is 201 g/mol. The second-order valence-electron chi connectivity index (χ2n) is 4.32. The molecule has 2 fully saturated rings. The minimum absolute atomic E-state index is 0.00983. The molecule has 2 rings (SSSR count). The van der Waals surface area contributed by atoms with Gasteiger partial charge in [-0.15, -0.1) is 0 Å². The second-order valence-corrected chi connectivity index (χ2v) is 4.32. The van der Waals surface area contributed by atoms with Gasteiger partial charge < -0.3 is 15.5 Å². The molecular weight excluding hydrogens is 178 g/mol. The Morgan fingerprint density at radius 2 is 1.57 bits per heavy atom. The molecule has 1 aliphatic carbocycles. The molecule has 0 unspecified atom stereocenters. The van der Waals surface area contributed by atoms with Gasteiger partial charge in [0.05, 0.1) is 6.10 Å².